The van der Waals surface area contributed by atoms with Crippen molar-refractivity contribution in [3.05, 3.63) is 63.6 Å². The zero-order valence-corrected chi connectivity index (χ0v) is 11.1. The average molecular weight is 294 g/mol. The number of halogens is 3. The first-order valence-electron chi connectivity index (χ1n) is 6.64. The zero-order valence-electron chi connectivity index (χ0n) is 11.1. The molecule has 21 heavy (non-hydrogen) atoms. The van der Waals surface area contributed by atoms with Gasteiger partial charge < -0.3 is 4.98 Å². The van der Waals surface area contributed by atoms with Crippen molar-refractivity contribution in [3.8, 4) is 0 Å². The van der Waals surface area contributed by atoms with Crippen molar-refractivity contribution in [3.63, 3.8) is 0 Å². The van der Waals surface area contributed by atoms with Crippen molar-refractivity contribution in [2.45, 2.75) is 31.1 Å². The molecule has 1 aliphatic rings. The van der Waals surface area contributed by atoms with Crippen molar-refractivity contribution in [2.24, 2.45) is 0 Å². The molecular formula is C15H13F3N2O. The third-order valence-electron chi connectivity index (χ3n) is 3.60. The lowest BCUT2D eigenvalue weighted by atomic mass is 9.79. The van der Waals surface area contributed by atoms with Crippen LogP contribution in [-0.2, 0) is 6.42 Å². The highest BCUT2D eigenvalue weighted by atomic mass is 19.3. The summed E-state index contributed by atoms with van der Waals surface area (Å²) in [6.45, 7) is 0. The van der Waals surface area contributed by atoms with E-state index in [1.807, 2.05) is 0 Å². The summed E-state index contributed by atoms with van der Waals surface area (Å²) in [5.74, 6) is -2.95. The molecule has 2 aromatic rings. The summed E-state index contributed by atoms with van der Waals surface area (Å²) in [6.07, 6.45) is -0.203. The van der Waals surface area contributed by atoms with Crippen LogP contribution in [0.1, 0.15) is 35.8 Å². The van der Waals surface area contributed by atoms with Gasteiger partial charge in [-0.2, -0.15) is 0 Å². The van der Waals surface area contributed by atoms with Crippen LogP contribution in [0.25, 0.3) is 0 Å². The van der Waals surface area contributed by atoms with E-state index < -0.39 is 5.92 Å². The first kappa shape index (κ1) is 13.9. The van der Waals surface area contributed by atoms with Crippen LogP contribution >= 0.6 is 0 Å². The fourth-order valence-corrected chi connectivity index (χ4v) is 2.49. The number of aromatic nitrogens is 2. The molecule has 0 unspecified atom stereocenters. The molecule has 0 spiro atoms. The van der Waals surface area contributed by atoms with Gasteiger partial charge in [0.15, 0.2) is 0 Å². The minimum atomic E-state index is -2.65. The van der Waals surface area contributed by atoms with Crippen LogP contribution in [0.2, 0.25) is 0 Å². The number of H-pyrrole nitrogens is 1. The lowest BCUT2D eigenvalue weighted by Crippen LogP contribution is -2.35. The standard InChI is InChI=1S/C15H13F3N2O/c16-11-3-1-9(2-4-11)5-13-19-12(6-14(21)20-13)10-7-15(17,18)8-10/h1-4,6,10H,5,7-8H2,(H,19,20,21). The quantitative estimate of drug-likeness (QED) is 0.946. The Morgan fingerprint density at radius 1 is 1.24 bits per heavy atom. The van der Waals surface area contributed by atoms with E-state index in [2.05, 4.69) is 9.97 Å². The van der Waals surface area contributed by atoms with Gasteiger partial charge in [0.05, 0.1) is 5.69 Å². The van der Waals surface area contributed by atoms with E-state index in [1.54, 1.807) is 12.1 Å². The summed E-state index contributed by atoms with van der Waals surface area (Å²) in [5, 5.41) is 0. The number of benzene rings is 1. The molecule has 1 N–H and O–H groups in total. The second-order valence-electron chi connectivity index (χ2n) is 5.38. The molecule has 0 radical (unpaired) electrons. The Morgan fingerprint density at radius 3 is 2.52 bits per heavy atom. The van der Waals surface area contributed by atoms with Crippen LogP contribution in [0, 0.1) is 5.82 Å². The van der Waals surface area contributed by atoms with Crippen molar-refractivity contribution in [1.29, 1.82) is 0 Å². The van der Waals surface area contributed by atoms with E-state index >= 15 is 0 Å². The highest BCUT2D eigenvalue weighted by Crippen LogP contribution is 2.47. The van der Waals surface area contributed by atoms with Crippen LogP contribution in [-0.4, -0.2) is 15.9 Å². The largest absolute Gasteiger partial charge is 0.310 e. The molecule has 0 saturated heterocycles. The van der Waals surface area contributed by atoms with E-state index in [0.29, 0.717) is 17.9 Å². The second-order valence-corrected chi connectivity index (χ2v) is 5.38. The van der Waals surface area contributed by atoms with Crippen molar-refractivity contribution >= 4 is 0 Å². The maximum absolute atomic E-state index is 12.9. The highest BCUT2D eigenvalue weighted by Gasteiger charge is 2.46. The van der Waals surface area contributed by atoms with Gasteiger partial charge in [0.1, 0.15) is 11.6 Å². The number of hydrogen-bond donors (Lipinski definition) is 1. The molecule has 1 aromatic heterocycles. The van der Waals surface area contributed by atoms with Gasteiger partial charge >= 0.3 is 0 Å². The van der Waals surface area contributed by atoms with E-state index in [0.717, 1.165) is 5.56 Å². The SMILES string of the molecule is O=c1cc(C2CC(F)(F)C2)nc(Cc2ccc(F)cc2)[nH]1. The molecule has 0 bridgehead atoms. The van der Waals surface area contributed by atoms with Crippen molar-refractivity contribution < 1.29 is 13.2 Å². The third-order valence-corrected chi connectivity index (χ3v) is 3.60. The summed E-state index contributed by atoms with van der Waals surface area (Å²) in [4.78, 5) is 18.5. The maximum Gasteiger partial charge on any atom is 0.251 e. The summed E-state index contributed by atoms with van der Waals surface area (Å²) in [6, 6.07) is 7.11. The van der Waals surface area contributed by atoms with Gasteiger partial charge in [0.25, 0.3) is 5.56 Å². The number of rotatable bonds is 3. The Balaban J connectivity index is 1.81. The molecule has 1 saturated carbocycles. The summed E-state index contributed by atoms with van der Waals surface area (Å²) in [5.41, 5.74) is 0.838. The summed E-state index contributed by atoms with van der Waals surface area (Å²) < 4.78 is 38.7. The lowest BCUT2D eigenvalue weighted by Gasteiger charge is -2.34. The molecule has 1 aliphatic carbocycles. The maximum atomic E-state index is 12.9. The lowest BCUT2D eigenvalue weighted by molar-refractivity contribution is -0.0876. The number of nitrogens with one attached hydrogen (secondary N) is 1. The van der Waals surface area contributed by atoms with Crippen LogP contribution in [0.5, 0.6) is 0 Å². The molecule has 1 heterocycles. The second kappa shape index (κ2) is 5.02. The van der Waals surface area contributed by atoms with Gasteiger partial charge in [-0.1, -0.05) is 12.1 Å². The average Bonchev–Trinajstić information content (AvgIpc) is 2.38. The smallest absolute Gasteiger partial charge is 0.251 e. The molecule has 6 heteroatoms. The first-order valence-corrected chi connectivity index (χ1v) is 6.64. The molecule has 0 atom stereocenters. The first-order chi connectivity index (χ1) is 9.91. The predicted molar refractivity (Wildman–Crippen MR) is 71.0 cm³/mol. The molecule has 0 amide bonds. The zero-order chi connectivity index (χ0) is 15.0. The fourth-order valence-electron chi connectivity index (χ4n) is 2.49. The van der Waals surface area contributed by atoms with Gasteiger partial charge in [-0.15, -0.1) is 0 Å². The number of nitrogens with zero attached hydrogens (tertiary/aromatic N) is 1. The van der Waals surface area contributed by atoms with E-state index in [4.69, 9.17) is 0 Å². The molecule has 1 aromatic carbocycles. The predicted octanol–water partition coefficient (Wildman–Crippen LogP) is 3.01. The molecule has 3 nitrogen and oxygen atoms in total. The number of alkyl halides is 2. The van der Waals surface area contributed by atoms with Gasteiger partial charge in [-0.25, -0.2) is 18.2 Å². The Bertz CT molecular complexity index is 702. The topological polar surface area (TPSA) is 45.8 Å². The van der Waals surface area contributed by atoms with E-state index in [9.17, 15) is 18.0 Å². The minimum absolute atomic E-state index is 0.264. The molecule has 110 valence electrons. The van der Waals surface area contributed by atoms with E-state index in [-0.39, 0.29) is 30.1 Å². The van der Waals surface area contributed by atoms with Gasteiger partial charge in [0, 0.05) is 31.2 Å². The normalized spacial score (nSPS) is 17.5. The highest BCUT2D eigenvalue weighted by molar-refractivity contribution is 5.21. The van der Waals surface area contributed by atoms with Crippen LogP contribution in [0.3, 0.4) is 0 Å². The van der Waals surface area contributed by atoms with Crippen LogP contribution in [0.15, 0.2) is 35.1 Å². The van der Waals surface area contributed by atoms with Crippen LogP contribution < -0.4 is 5.56 Å². The summed E-state index contributed by atoms with van der Waals surface area (Å²) in [7, 11) is 0. The summed E-state index contributed by atoms with van der Waals surface area (Å²) >= 11 is 0. The number of hydrogen-bond acceptors (Lipinski definition) is 2. The minimum Gasteiger partial charge on any atom is -0.310 e. The Hall–Kier alpha value is -2.11. The fraction of sp³-hybridized carbons (Fsp3) is 0.333. The third kappa shape index (κ3) is 3.15. The van der Waals surface area contributed by atoms with Gasteiger partial charge in [0.2, 0.25) is 5.92 Å². The Labute approximate surface area is 118 Å². The van der Waals surface area contributed by atoms with Gasteiger partial charge in [-0.05, 0) is 17.7 Å². The van der Waals surface area contributed by atoms with Gasteiger partial charge in [-0.3, -0.25) is 4.79 Å². The molecular weight excluding hydrogens is 281 g/mol. The molecule has 3 rings (SSSR count). The monoisotopic (exact) mass is 294 g/mol. The van der Waals surface area contributed by atoms with E-state index in [1.165, 1.54) is 18.2 Å². The van der Waals surface area contributed by atoms with Crippen molar-refractivity contribution in [1.82, 2.24) is 9.97 Å². The van der Waals surface area contributed by atoms with Crippen LogP contribution in [0.4, 0.5) is 13.2 Å². The molecule has 0 aliphatic heterocycles. The number of aromatic amines is 1. The van der Waals surface area contributed by atoms with Crippen molar-refractivity contribution in [2.75, 3.05) is 0 Å². The molecule has 1 fully saturated rings. The Kier molecular flexibility index (Phi) is 3.31. The Morgan fingerprint density at radius 2 is 1.90 bits per heavy atom.